The van der Waals surface area contributed by atoms with Gasteiger partial charge in [0, 0.05) is 6.54 Å². The Morgan fingerprint density at radius 3 is 2.62 bits per heavy atom. The first kappa shape index (κ1) is 11.3. The molecule has 0 radical (unpaired) electrons. The summed E-state index contributed by atoms with van der Waals surface area (Å²) in [5, 5.41) is 0.593. The minimum Gasteiger partial charge on any atom is -0.374 e. The molecule has 0 bridgehead atoms. The minimum absolute atomic E-state index is 0.240. The molecule has 0 saturated heterocycles. The normalized spacial score (nSPS) is 21.9. The van der Waals surface area contributed by atoms with Gasteiger partial charge in [0.25, 0.3) is 0 Å². The van der Waals surface area contributed by atoms with E-state index in [0.29, 0.717) is 5.37 Å². The summed E-state index contributed by atoms with van der Waals surface area (Å²) in [7, 11) is 2.15. The number of ether oxygens (including phenoxy) is 1. The molecular formula is C10H21NOS. The van der Waals surface area contributed by atoms with Crippen LogP contribution in [0.25, 0.3) is 0 Å². The average molecular weight is 203 g/mol. The molecule has 1 atom stereocenters. The molecule has 78 valence electrons. The predicted molar refractivity (Wildman–Crippen MR) is 59.2 cm³/mol. The highest BCUT2D eigenvalue weighted by Crippen LogP contribution is 2.38. The van der Waals surface area contributed by atoms with Crippen molar-refractivity contribution >= 4 is 11.8 Å². The Morgan fingerprint density at radius 2 is 2.15 bits per heavy atom. The van der Waals surface area contributed by atoms with Crippen LogP contribution >= 0.6 is 11.8 Å². The van der Waals surface area contributed by atoms with Crippen molar-refractivity contribution in [3.63, 3.8) is 0 Å². The number of hydrogen-bond donors (Lipinski definition) is 0. The second kappa shape index (κ2) is 4.67. The van der Waals surface area contributed by atoms with Gasteiger partial charge in [-0.05, 0) is 40.0 Å². The number of likely N-dealkylation sites (N-methyl/N-ethyl adjacent to an activating group) is 1. The van der Waals surface area contributed by atoms with E-state index in [1.54, 1.807) is 0 Å². The van der Waals surface area contributed by atoms with Gasteiger partial charge in [0.1, 0.15) is 0 Å². The molecule has 0 unspecified atom stereocenters. The maximum Gasteiger partial charge on any atom is 0.0657 e. The zero-order valence-electron chi connectivity index (χ0n) is 9.17. The first-order valence-corrected chi connectivity index (χ1v) is 6.23. The molecule has 0 aromatic carbocycles. The van der Waals surface area contributed by atoms with Crippen LogP contribution in [-0.4, -0.2) is 42.3 Å². The Labute approximate surface area is 86.0 Å². The van der Waals surface area contributed by atoms with Gasteiger partial charge in [-0.2, -0.15) is 0 Å². The Kier molecular flexibility index (Phi) is 4.07. The van der Waals surface area contributed by atoms with Crippen molar-refractivity contribution in [2.45, 2.75) is 37.7 Å². The Bertz CT molecular complexity index is 159. The lowest BCUT2D eigenvalue weighted by Crippen LogP contribution is -2.30. The van der Waals surface area contributed by atoms with Crippen molar-refractivity contribution < 1.29 is 4.74 Å². The highest BCUT2D eigenvalue weighted by atomic mass is 32.2. The molecule has 0 spiro atoms. The molecule has 2 nitrogen and oxygen atoms in total. The molecule has 0 amide bonds. The van der Waals surface area contributed by atoms with Crippen LogP contribution in [0.2, 0.25) is 0 Å². The lowest BCUT2D eigenvalue weighted by atomic mass is 10.4. The van der Waals surface area contributed by atoms with E-state index in [1.807, 2.05) is 11.8 Å². The molecule has 1 aliphatic carbocycles. The maximum atomic E-state index is 5.75. The summed E-state index contributed by atoms with van der Waals surface area (Å²) in [5.41, 5.74) is 0.240. The SMILES string of the molecule is CS[C@H](C)N(C)CCOC1(C)CC1. The lowest BCUT2D eigenvalue weighted by molar-refractivity contribution is 0.0340. The van der Waals surface area contributed by atoms with E-state index in [1.165, 1.54) is 12.8 Å². The molecule has 13 heavy (non-hydrogen) atoms. The third-order valence-corrected chi connectivity index (χ3v) is 3.85. The molecule has 1 saturated carbocycles. The van der Waals surface area contributed by atoms with Crippen molar-refractivity contribution in [3.05, 3.63) is 0 Å². The van der Waals surface area contributed by atoms with Gasteiger partial charge in [0.15, 0.2) is 0 Å². The molecule has 1 rings (SSSR count). The van der Waals surface area contributed by atoms with E-state index < -0.39 is 0 Å². The summed E-state index contributed by atoms with van der Waals surface area (Å²) in [6, 6.07) is 0. The summed E-state index contributed by atoms with van der Waals surface area (Å²) in [6.07, 6.45) is 4.63. The molecule has 1 fully saturated rings. The molecule has 0 N–H and O–H groups in total. The first-order chi connectivity index (χ1) is 6.07. The van der Waals surface area contributed by atoms with Gasteiger partial charge < -0.3 is 4.74 Å². The smallest absolute Gasteiger partial charge is 0.0657 e. The lowest BCUT2D eigenvalue weighted by Gasteiger charge is -2.23. The van der Waals surface area contributed by atoms with Gasteiger partial charge in [-0.1, -0.05) is 0 Å². The van der Waals surface area contributed by atoms with Crippen molar-refractivity contribution in [1.82, 2.24) is 4.90 Å². The van der Waals surface area contributed by atoms with Crippen molar-refractivity contribution in [2.75, 3.05) is 26.5 Å². The summed E-state index contributed by atoms with van der Waals surface area (Å²) in [4.78, 5) is 2.33. The van der Waals surface area contributed by atoms with Crippen molar-refractivity contribution in [1.29, 1.82) is 0 Å². The highest BCUT2D eigenvalue weighted by Gasteiger charge is 2.38. The zero-order valence-corrected chi connectivity index (χ0v) is 9.99. The van der Waals surface area contributed by atoms with Gasteiger partial charge >= 0.3 is 0 Å². The summed E-state index contributed by atoms with van der Waals surface area (Å²) in [6.45, 7) is 6.34. The fourth-order valence-electron chi connectivity index (χ4n) is 1.12. The summed E-state index contributed by atoms with van der Waals surface area (Å²) in [5.74, 6) is 0. The van der Waals surface area contributed by atoms with E-state index in [4.69, 9.17) is 4.74 Å². The number of nitrogens with zero attached hydrogens (tertiary/aromatic N) is 1. The van der Waals surface area contributed by atoms with Crippen LogP contribution in [0.4, 0.5) is 0 Å². The molecule has 0 aliphatic heterocycles. The highest BCUT2D eigenvalue weighted by molar-refractivity contribution is 7.99. The van der Waals surface area contributed by atoms with E-state index in [0.717, 1.165) is 13.2 Å². The molecular weight excluding hydrogens is 182 g/mol. The van der Waals surface area contributed by atoms with Crippen LogP contribution in [-0.2, 0) is 4.74 Å². The molecule has 3 heteroatoms. The minimum atomic E-state index is 0.240. The molecule has 1 aliphatic rings. The third kappa shape index (κ3) is 3.88. The van der Waals surface area contributed by atoms with Gasteiger partial charge in [-0.3, -0.25) is 4.90 Å². The standard InChI is InChI=1S/C10H21NOS/c1-9(13-4)11(3)7-8-12-10(2)5-6-10/h9H,5-8H2,1-4H3/t9-/m1/s1. The largest absolute Gasteiger partial charge is 0.374 e. The van der Waals surface area contributed by atoms with E-state index in [-0.39, 0.29) is 5.60 Å². The third-order valence-electron chi connectivity index (χ3n) is 2.81. The van der Waals surface area contributed by atoms with Crippen molar-refractivity contribution in [3.8, 4) is 0 Å². The van der Waals surface area contributed by atoms with Crippen LogP contribution in [0.1, 0.15) is 26.7 Å². The van der Waals surface area contributed by atoms with Gasteiger partial charge in [0.2, 0.25) is 0 Å². The molecule has 0 heterocycles. The van der Waals surface area contributed by atoms with E-state index >= 15 is 0 Å². The number of thioether (sulfide) groups is 1. The molecule has 0 aromatic heterocycles. The van der Waals surface area contributed by atoms with Crippen LogP contribution in [0.15, 0.2) is 0 Å². The topological polar surface area (TPSA) is 12.5 Å². The fraction of sp³-hybridized carbons (Fsp3) is 1.00. The summed E-state index contributed by atoms with van der Waals surface area (Å²) < 4.78 is 5.75. The van der Waals surface area contributed by atoms with Gasteiger partial charge in [-0.15, -0.1) is 11.8 Å². The monoisotopic (exact) mass is 203 g/mol. The quantitative estimate of drug-likeness (QED) is 0.614. The fourth-order valence-corrected chi connectivity index (χ4v) is 1.58. The van der Waals surface area contributed by atoms with Gasteiger partial charge in [0.05, 0.1) is 17.6 Å². The molecule has 0 aromatic rings. The van der Waals surface area contributed by atoms with Crippen molar-refractivity contribution in [2.24, 2.45) is 0 Å². The van der Waals surface area contributed by atoms with Crippen LogP contribution in [0, 0.1) is 0 Å². The Hall–Kier alpha value is 0.270. The second-order valence-corrected chi connectivity index (χ2v) is 5.27. The predicted octanol–water partition coefficient (Wildman–Crippen LogP) is 2.20. The van der Waals surface area contributed by atoms with Crippen LogP contribution in [0.5, 0.6) is 0 Å². The maximum absolute atomic E-state index is 5.75. The number of rotatable bonds is 6. The summed E-state index contributed by atoms with van der Waals surface area (Å²) >= 11 is 1.88. The Balaban J connectivity index is 2.04. The van der Waals surface area contributed by atoms with Crippen LogP contribution in [0.3, 0.4) is 0 Å². The average Bonchev–Trinajstić information content (AvgIpc) is 2.82. The first-order valence-electron chi connectivity index (χ1n) is 4.94. The van der Waals surface area contributed by atoms with Gasteiger partial charge in [-0.25, -0.2) is 0 Å². The second-order valence-electron chi connectivity index (χ2n) is 4.11. The van der Waals surface area contributed by atoms with Crippen LogP contribution < -0.4 is 0 Å². The Morgan fingerprint density at radius 1 is 1.54 bits per heavy atom. The van der Waals surface area contributed by atoms with E-state index in [9.17, 15) is 0 Å². The van der Waals surface area contributed by atoms with E-state index in [2.05, 4.69) is 32.1 Å². The zero-order chi connectivity index (χ0) is 9.90. The number of hydrogen-bond acceptors (Lipinski definition) is 3.